The summed E-state index contributed by atoms with van der Waals surface area (Å²) in [7, 11) is -1.39. The molecule has 0 atom stereocenters. The van der Waals surface area contributed by atoms with Gasteiger partial charge in [0, 0.05) is 5.56 Å². The van der Waals surface area contributed by atoms with Crippen LogP contribution in [0.1, 0.15) is 5.56 Å². The van der Waals surface area contributed by atoms with E-state index < -0.39 is 14.7 Å². The molecular formula is C12H14F2OSi. The maximum absolute atomic E-state index is 11.9. The fraction of sp³-hybridized carbons (Fsp3) is 0.333. The number of rotatable bonds is 2. The summed E-state index contributed by atoms with van der Waals surface area (Å²) in [6.07, 6.45) is 0. The number of halogens is 2. The third kappa shape index (κ3) is 4.94. The van der Waals surface area contributed by atoms with Gasteiger partial charge in [-0.25, -0.2) is 0 Å². The van der Waals surface area contributed by atoms with Gasteiger partial charge in [0.25, 0.3) is 0 Å². The van der Waals surface area contributed by atoms with Crippen molar-refractivity contribution in [3.05, 3.63) is 29.8 Å². The van der Waals surface area contributed by atoms with E-state index in [1.54, 1.807) is 12.1 Å². The Balaban J connectivity index is 2.75. The van der Waals surface area contributed by atoms with Crippen molar-refractivity contribution in [2.45, 2.75) is 26.3 Å². The van der Waals surface area contributed by atoms with E-state index in [0.29, 0.717) is 0 Å². The summed E-state index contributed by atoms with van der Waals surface area (Å²) in [6.45, 7) is 3.66. The molecule has 1 rings (SSSR count). The molecule has 0 saturated heterocycles. The Hall–Kier alpha value is -1.34. The standard InChI is InChI=1S/C12H14F2OSi/c1-16(2,3)9-8-10-4-6-11(7-5-10)15-12(13)14/h4-7,12H,1-3H3. The second kappa shape index (κ2) is 5.13. The fourth-order valence-corrected chi connectivity index (χ4v) is 1.50. The van der Waals surface area contributed by atoms with Crippen LogP contribution in [0.25, 0.3) is 0 Å². The predicted molar refractivity (Wildman–Crippen MR) is 63.3 cm³/mol. The van der Waals surface area contributed by atoms with Crippen molar-refractivity contribution in [3.8, 4) is 17.2 Å². The summed E-state index contributed by atoms with van der Waals surface area (Å²) in [6, 6.07) is 6.37. The molecule has 0 amide bonds. The minimum absolute atomic E-state index is 0.161. The molecule has 0 heterocycles. The molecule has 0 aliphatic rings. The molecule has 0 fully saturated rings. The summed E-state index contributed by atoms with van der Waals surface area (Å²) in [5.74, 6) is 3.19. The Morgan fingerprint density at radius 1 is 1.12 bits per heavy atom. The molecule has 1 nitrogen and oxygen atoms in total. The normalized spacial score (nSPS) is 10.9. The first-order valence-electron chi connectivity index (χ1n) is 4.95. The van der Waals surface area contributed by atoms with Crippen molar-refractivity contribution in [3.63, 3.8) is 0 Å². The lowest BCUT2D eigenvalue weighted by atomic mass is 10.2. The Morgan fingerprint density at radius 2 is 1.69 bits per heavy atom. The van der Waals surface area contributed by atoms with Gasteiger partial charge >= 0.3 is 6.61 Å². The topological polar surface area (TPSA) is 9.23 Å². The second-order valence-corrected chi connectivity index (χ2v) is 9.15. The minimum Gasteiger partial charge on any atom is -0.435 e. The van der Waals surface area contributed by atoms with E-state index in [1.807, 2.05) is 0 Å². The van der Waals surface area contributed by atoms with Crippen molar-refractivity contribution in [1.82, 2.24) is 0 Å². The Kier molecular flexibility index (Phi) is 4.08. The van der Waals surface area contributed by atoms with Crippen LogP contribution in [0.2, 0.25) is 19.6 Å². The maximum atomic E-state index is 11.9. The average molecular weight is 240 g/mol. The molecule has 0 aromatic heterocycles. The molecule has 16 heavy (non-hydrogen) atoms. The predicted octanol–water partition coefficient (Wildman–Crippen LogP) is 3.52. The average Bonchev–Trinajstić information content (AvgIpc) is 2.14. The first-order valence-corrected chi connectivity index (χ1v) is 8.45. The zero-order chi connectivity index (χ0) is 12.2. The summed E-state index contributed by atoms with van der Waals surface area (Å²) in [5, 5.41) is 0. The molecule has 1 aromatic rings. The SMILES string of the molecule is C[Si](C)(C)C#Cc1ccc(OC(F)F)cc1. The molecule has 0 bridgehead atoms. The Morgan fingerprint density at radius 3 is 2.12 bits per heavy atom. The van der Waals surface area contributed by atoms with Crippen LogP contribution in [0.5, 0.6) is 5.75 Å². The molecular weight excluding hydrogens is 226 g/mol. The maximum Gasteiger partial charge on any atom is 0.387 e. The van der Waals surface area contributed by atoms with Crippen LogP contribution in [0.3, 0.4) is 0 Å². The molecule has 4 heteroatoms. The number of benzene rings is 1. The van der Waals surface area contributed by atoms with Crippen LogP contribution < -0.4 is 4.74 Å². The van der Waals surface area contributed by atoms with Crippen molar-refractivity contribution >= 4 is 8.07 Å². The van der Waals surface area contributed by atoms with Crippen LogP contribution in [0.15, 0.2) is 24.3 Å². The largest absolute Gasteiger partial charge is 0.435 e. The molecule has 0 spiro atoms. The van der Waals surface area contributed by atoms with E-state index >= 15 is 0 Å². The van der Waals surface area contributed by atoms with Gasteiger partial charge in [0.2, 0.25) is 0 Å². The van der Waals surface area contributed by atoms with E-state index in [-0.39, 0.29) is 5.75 Å². The third-order valence-corrected chi connectivity index (χ3v) is 2.54. The lowest BCUT2D eigenvalue weighted by molar-refractivity contribution is -0.0498. The van der Waals surface area contributed by atoms with Crippen LogP contribution in [-0.4, -0.2) is 14.7 Å². The zero-order valence-corrected chi connectivity index (χ0v) is 10.6. The molecule has 1 aromatic carbocycles. The molecule has 0 unspecified atom stereocenters. The first-order chi connectivity index (χ1) is 7.37. The number of ether oxygens (including phenoxy) is 1. The smallest absolute Gasteiger partial charge is 0.387 e. The van der Waals surface area contributed by atoms with Crippen LogP contribution in [0.4, 0.5) is 8.78 Å². The highest BCUT2D eigenvalue weighted by molar-refractivity contribution is 6.83. The molecule has 0 aliphatic carbocycles. The molecule has 0 aliphatic heterocycles. The minimum atomic E-state index is -2.78. The van der Waals surface area contributed by atoms with Gasteiger partial charge in [0.1, 0.15) is 13.8 Å². The number of hydrogen-bond acceptors (Lipinski definition) is 1. The summed E-state index contributed by atoms with van der Waals surface area (Å²) < 4.78 is 28.0. The van der Waals surface area contributed by atoms with Gasteiger partial charge in [0.15, 0.2) is 0 Å². The molecule has 0 N–H and O–H groups in total. The van der Waals surface area contributed by atoms with Crippen molar-refractivity contribution < 1.29 is 13.5 Å². The summed E-state index contributed by atoms with van der Waals surface area (Å²) in [4.78, 5) is 0. The van der Waals surface area contributed by atoms with Crippen molar-refractivity contribution in [2.75, 3.05) is 0 Å². The van der Waals surface area contributed by atoms with Crippen LogP contribution in [0, 0.1) is 11.5 Å². The monoisotopic (exact) mass is 240 g/mol. The first kappa shape index (κ1) is 12.7. The molecule has 0 saturated carbocycles. The Bertz CT molecular complexity index is 396. The molecule has 86 valence electrons. The fourth-order valence-electron chi connectivity index (χ4n) is 0.979. The third-order valence-electron chi connectivity index (χ3n) is 1.66. The van der Waals surface area contributed by atoms with Gasteiger partial charge in [-0.15, -0.1) is 5.54 Å². The summed E-state index contributed by atoms with van der Waals surface area (Å²) >= 11 is 0. The van der Waals surface area contributed by atoms with Crippen molar-refractivity contribution in [2.24, 2.45) is 0 Å². The highest BCUT2D eigenvalue weighted by Crippen LogP contribution is 2.14. The number of hydrogen-bond donors (Lipinski definition) is 0. The van der Waals surface area contributed by atoms with Gasteiger partial charge in [-0.2, -0.15) is 8.78 Å². The van der Waals surface area contributed by atoms with E-state index in [0.717, 1.165) is 5.56 Å². The van der Waals surface area contributed by atoms with Gasteiger partial charge in [-0.05, 0) is 24.3 Å². The van der Waals surface area contributed by atoms with E-state index in [1.165, 1.54) is 12.1 Å². The molecule has 0 radical (unpaired) electrons. The second-order valence-electron chi connectivity index (χ2n) is 4.40. The highest BCUT2D eigenvalue weighted by atomic mass is 28.3. The summed E-state index contributed by atoms with van der Waals surface area (Å²) in [5.41, 5.74) is 4.02. The van der Waals surface area contributed by atoms with Gasteiger partial charge in [-0.1, -0.05) is 25.6 Å². The van der Waals surface area contributed by atoms with Crippen molar-refractivity contribution in [1.29, 1.82) is 0 Å². The van der Waals surface area contributed by atoms with E-state index in [9.17, 15) is 8.78 Å². The Labute approximate surface area is 95.4 Å². The zero-order valence-electron chi connectivity index (χ0n) is 9.55. The van der Waals surface area contributed by atoms with Crippen LogP contribution in [-0.2, 0) is 0 Å². The number of alkyl halides is 2. The lowest BCUT2D eigenvalue weighted by Gasteiger charge is -2.04. The van der Waals surface area contributed by atoms with Gasteiger partial charge < -0.3 is 4.74 Å². The van der Waals surface area contributed by atoms with Gasteiger partial charge in [-0.3, -0.25) is 0 Å². The van der Waals surface area contributed by atoms with Gasteiger partial charge in [0.05, 0.1) is 0 Å². The van der Waals surface area contributed by atoms with E-state index in [2.05, 4.69) is 35.8 Å². The van der Waals surface area contributed by atoms with Crippen LogP contribution >= 0.6 is 0 Å². The quantitative estimate of drug-likeness (QED) is 0.567. The highest BCUT2D eigenvalue weighted by Gasteiger charge is 2.07. The van der Waals surface area contributed by atoms with E-state index in [4.69, 9.17) is 0 Å². The lowest BCUT2D eigenvalue weighted by Crippen LogP contribution is -2.16.